The fraction of sp³-hybridized carbons (Fsp3) is 0.611. The normalized spacial score (nSPS) is 14.7. The highest BCUT2D eigenvalue weighted by Crippen LogP contribution is 2.28. The van der Waals surface area contributed by atoms with Gasteiger partial charge in [0.15, 0.2) is 5.96 Å². The van der Waals surface area contributed by atoms with Crippen LogP contribution in [0.1, 0.15) is 18.4 Å². The molecule has 0 spiro atoms. The number of nitrogens with one attached hydrogen (secondary N) is 1. The van der Waals surface area contributed by atoms with Crippen LogP contribution in [0.5, 0.6) is 0 Å². The lowest BCUT2D eigenvalue weighted by atomic mass is 10.2. The molecule has 1 aromatic carbocycles. The van der Waals surface area contributed by atoms with Gasteiger partial charge in [0.1, 0.15) is 0 Å². The van der Waals surface area contributed by atoms with Gasteiger partial charge >= 0.3 is 0 Å². The van der Waals surface area contributed by atoms with E-state index < -0.39 is 0 Å². The Balaban J connectivity index is 1.55. The maximum Gasteiger partial charge on any atom is 0.193 e. The van der Waals surface area contributed by atoms with E-state index in [1.807, 2.05) is 31.3 Å². The molecule has 6 heteroatoms. The molecular formula is C18H28ClN3O2. The molecule has 0 aliphatic heterocycles. The number of guanidine groups is 1. The number of likely N-dealkylation sites (N-methyl/N-ethyl adjacent to an activating group) is 1. The van der Waals surface area contributed by atoms with Crippen LogP contribution in [-0.4, -0.2) is 57.9 Å². The Hall–Kier alpha value is -1.30. The van der Waals surface area contributed by atoms with Gasteiger partial charge in [0, 0.05) is 38.8 Å². The standard InChI is InChI=1S/C18H28ClN3O2/c1-20-18(22(2)9-11-24-13-15-6-7-15)21-8-10-23-14-16-4-3-5-17(19)12-16/h3-5,12,15H,6-11,13-14H2,1-2H3,(H,20,21). The summed E-state index contributed by atoms with van der Waals surface area (Å²) >= 11 is 5.95. The molecular weight excluding hydrogens is 326 g/mol. The highest BCUT2D eigenvalue weighted by Gasteiger charge is 2.21. The Morgan fingerprint density at radius 1 is 1.33 bits per heavy atom. The molecule has 0 heterocycles. The van der Waals surface area contributed by atoms with Crippen LogP contribution in [-0.2, 0) is 16.1 Å². The minimum atomic E-state index is 0.561. The lowest BCUT2D eigenvalue weighted by Crippen LogP contribution is -2.41. The largest absolute Gasteiger partial charge is 0.379 e. The van der Waals surface area contributed by atoms with Crippen LogP contribution in [0, 0.1) is 5.92 Å². The average Bonchev–Trinajstić information content (AvgIpc) is 3.39. The van der Waals surface area contributed by atoms with E-state index in [0.29, 0.717) is 19.8 Å². The Labute approximate surface area is 150 Å². The lowest BCUT2D eigenvalue weighted by Gasteiger charge is -2.22. The third kappa shape index (κ3) is 7.51. The van der Waals surface area contributed by atoms with Gasteiger partial charge in [-0.2, -0.15) is 0 Å². The van der Waals surface area contributed by atoms with Gasteiger partial charge < -0.3 is 19.7 Å². The molecule has 0 atom stereocenters. The number of nitrogens with zero attached hydrogens (tertiary/aromatic N) is 2. The van der Waals surface area contributed by atoms with Gasteiger partial charge in [0.05, 0.1) is 19.8 Å². The van der Waals surface area contributed by atoms with E-state index in [-0.39, 0.29) is 0 Å². The first-order chi connectivity index (χ1) is 11.7. The van der Waals surface area contributed by atoms with Crippen molar-refractivity contribution in [3.8, 4) is 0 Å². The molecule has 1 saturated carbocycles. The van der Waals surface area contributed by atoms with Gasteiger partial charge in [-0.1, -0.05) is 23.7 Å². The van der Waals surface area contributed by atoms with Crippen molar-refractivity contribution in [1.29, 1.82) is 0 Å². The molecule has 0 unspecified atom stereocenters. The second kappa shape index (κ2) is 10.5. The maximum absolute atomic E-state index is 5.95. The van der Waals surface area contributed by atoms with Crippen molar-refractivity contribution in [1.82, 2.24) is 10.2 Å². The van der Waals surface area contributed by atoms with Crippen LogP contribution >= 0.6 is 11.6 Å². The summed E-state index contributed by atoms with van der Waals surface area (Å²) < 4.78 is 11.3. The second-order valence-electron chi connectivity index (χ2n) is 6.10. The highest BCUT2D eigenvalue weighted by atomic mass is 35.5. The van der Waals surface area contributed by atoms with Crippen molar-refractivity contribution < 1.29 is 9.47 Å². The SMILES string of the molecule is CN=C(NCCOCc1cccc(Cl)c1)N(C)CCOCC1CC1. The zero-order chi connectivity index (χ0) is 17.2. The smallest absolute Gasteiger partial charge is 0.193 e. The van der Waals surface area contributed by atoms with Gasteiger partial charge in [0.25, 0.3) is 0 Å². The van der Waals surface area contributed by atoms with Crippen LogP contribution in [0.4, 0.5) is 0 Å². The zero-order valence-corrected chi connectivity index (χ0v) is 15.4. The summed E-state index contributed by atoms with van der Waals surface area (Å²) in [6.07, 6.45) is 2.66. The van der Waals surface area contributed by atoms with Crippen LogP contribution in [0.15, 0.2) is 29.3 Å². The molecule has 0 saturated heterocycles. The molecule has 0 aromatic heterocycles. The van der Waals surface area contributed by atoms with Gasteiger partial charge in [-0.3, -0.25) is 4.99 Å². The third-order valence-electron chi connectivity index (χ3n) is 3.88. The van der Waals surface area contributed by atoms with E-state index in [1.54, 1.807) is 7.05 Å². The minimum Gasteiger partial charge on any atom is -0.379 e. The predicted octanol–water partition coefficient (Wildman–Crippen LogP) is 2.79. The molecule has 1 aliphatic carbocycles. The number of ether oxygens (including phenoxy) is 2. The number of hydrogen-bond acceptors (Lipinski definition) is 3. The fourth-order valence-electron chi connectivity index (χ4n) is 2.28. The van der Waals surface area contributed by atoms with Crippen LogP contribution in [0.25, 0.3) is 0 Å². The third-order valence-corrected chi connectivity index (χ3v) is 4.12. The van der Waals surface area contributed by atoms with E-state index in [1.165, 1.54) is 12.8 Å². The van der Waals surface area contributed by atoms with Crippen LogP contribution in [0.2, 0.25) is 5.02 Å². The predicted molar refractivity (Wildman–Crippen MR) is 98.6 cm³/mol. The van der Waals surface area contributed by atoms with Crippen molar-refractivity contribution in [2.45, 2.75) is 19.4 Å². The van der Waals surface area contributed by atoms with E-state index in [0.717, 1.165) is 42.2 Å². The van der Waals surface area contributed by atoms with Crippen LogP contribution in [0.3, 0.4) is 0 Å². The summed E-state index contributed by atoms with van der Waals surface area (Å²) in [6, 6.07) is 7.72. The monoisotopic (exact) mass is 353 g/mol. The molecule has 134 valence electrons. The average molecular weight is 354 g/mol. The number of hydrogen-bond donors (Lipinski definition) is 1. The molecule has 1 aromatic rings. The summed E-state index contributed by atoms with van der Waals surface area (Å²) in [5.74, 6) is 1.67. The van der Waals surface area contributed by atoms with E-state index in [2.05, 4.69) is 15.2 Å². The highest BCUT2D eigenvalue weighted by molar-refractivity contribution is 6.30. The Kier molecular flexibility index (Phi) is 8.36. The molecule has 1 fully saturated rings. The summed E-state index contributed by atoms with van der Waals surface area (Å²) in [5, 5.41) is 4.03. The molecule has 0 radical (unpaired) electrons. The molecule has 0 bridgehead atoms. The van der Waals surface area contributed by atoms with Gasteiger partial charge in [-0.25, -0.2) is 0 Å². The lowest BCUT2D eigenvalue weighted by molar-refractivity contribution is 0.113. The first kappa shape index (κ1) is 19.0. The first-order valence-corrected chi connectivity index (χ1v) is 8.88. The number of aliphatic imine (C=N–C) groups is 1. The molecule has 5 nitrogen and oxygen atoms in total. The summed E-state index contributed by atoms with van der Waals surface area (Å²) in [7, 11) is 3.80. The van der Waals surface area contributed by atoms with E-state index in [9.17, 15) is 0 Å². The molecule has 1 N–H and O–H groups in total. The topological polar surface area (TPSA) is 46.1 Å². The van der Waals surface area contributed by atoms with Gasteiger partial charge in [-0.15, -0.1) is 0 Å². The van der Waals surface area contributed by atoms with Crippen molar-refractivity contribution in [3.63, 3.8) is 0 Å². The fourth-order valence-corrected chi connectivity index (χ4v) is 2.49. The first-order valence-electron chi connectivity index (χ1n) is 8.50. The Morgan fingerprint density at radius 3 is 2.88 bits per heavy atom. The van der Waals surface area contributed by atoms with Crippen LogP contribution < -0.4 is 5.32 Å². The summed E-state index contributed by atoms with van der Waals surface area (Å²) in [6.45, 7) is 4.34. The molecule has 2 rings (SSSR count). The molecule has 0 amide bonds. The minimum absolute atomic E-state index is 0.561. The second-order valence-corrected chi connectivity index (χ2v) is 6.53. The Bertz CT molecular complexity index is 521. The number of benzene rings is 1. The van der Waals surface area contributed by atoms with Crippen molar-refractivity contribution >= 4 is 17.6 Å². The zero-order valence-electron chi connectivity index (χ0n) is 14.6. The summed E-state index contributed by atoms with van der Waals surface area (Å²) in [4.78, 5) is 6.36. The molecule has 1 aliphatic rings. The molecule has 24 heavy (non-hydrogen) atoms. The summed E-state index contributed by atoms with van der Waals surface area (Å²) in [5.41, 5.74) is 1.08. The van der Waals surface area contributed by atoms with Gasteiger partial charge in [-0.05, 0) is 36.5 Å². The van der Waals surface area contributed by atoms with E-state index >= 15 is 0 Å². The number of halogens is 1. The quantitative estimate of drug-likeness (QED) is 0.399. The van der Waals surface area contributed by atoms with Crippen molar-refractivity contribution in [2.75, 3.05) is 47.0 Å². The van der Waals surface area contributed by atoms with Gasteiger partial charge in [0.2, 0.25) is 0 Å². The van der Waals surface area contributed by atoms with Crippen molar-refractivity contribution in [2.24, 2.45) is 10.9 Å². The van der Waals surface area contributed by atoms with Crippen molar-refractivity contribution in [3.05, 3.63) is 34.9 Å². The Morgan fingerprint density at radius 2 is 2.17 bits per heavy atom. The maximum atomic E-state index is 5.95. The number of rotatable bonds is 10. The van der Waals surface area contributed by atoms with E-state index in [4.69, 9.17) is 21.1 Å².